The van der Waals surface area contributed by atoms with Crippen molar-refractivity contribution in [2.75, 3.05) is 10.2 Å². The molecule has 6 rings (SSSR count). The van der Waals surface area contributed by atoms with Gasteiger partial charge in [0.1, 0.15) is 17.6 Å². The number of anilines is 2. The van der Waals surface area contributed by atoms with Crippen LogP contribution < -0.4 is 15.5 Å². The zero-order valence-corrected chi connectivity index (χ0v) is 19.5. The van der Waals surface area contributed by atoms with Gasteiger partial charge in [-0.1, -0.05) is 31.4 Å². The topological polar surface area (TPSA) is 87.7 Å². The van der Waals surface area contributed by atoms with E-state index < -0.39 is 6.04 Å². The monoisotopic (exact) mass is 471 g/mol. The molecule has 3 aliphatic rings. The molecule has 2 atom stereocenters. The maximum absolute atomic E-state index is 13.9. The molecule has 1 aromatic carbocycles. The molecule has 0 saturated heterocycles. The zero-order chi connectivity index (χ0) is 23.8. The minimum atomic E-state index is -0.662. The van der Waals surface area contributed by atoms with Crippen LogP contribution in [0.25, 0.3) is 0 Å². The molecule has 1 fully saturated rings. The van der Waals surface area contributed by atoms with E-state index in [1.54, 1.807) is 23.5 Å². The number of carbonyl (C=O) groups excluding carboxylic acids is 2. The number of Topliss-reactive ketones (excluding diaryl/α,β-unsaturated/α-hetero) is 1. The first kappa shape index (κ1) is 21.8. The molecule has 0 bridgehead atoms. The van der Waals surface area contributed by atoms with Crippen LogP contribution in [0.15, 0.2) is 81.2 Å². The number of fused-ring (bicyclic) bond motifs is 1. The van der Waals surface area contributed by atoms with E-state index >= 15 is 0 Å². The van der Waals surface area contributed by atoms with E-state index in [0.717, 1.165) is 48.5 Å². The second kappa shape index (κ2) is 9.13. The summed E-state index contributed by atoms with van der Waals surface area (Å²) in [6.45, 7) is 0. The number of hydrogen-bond donors (Lipinski definition) is 2. The highest BCUT2D eigenvalue weighted by Gasteiger charge is 2.43. The van der Waals surface area contributed by atoms with Crippen molar-refractivity contribution in [1.82, 2.24) is 5.32 Å². The van der Waals surface area contributed by atoms with Gasteiger partial charge in [0.25, 0.3) is 0 Å². The van der Waals surface area contributed by atoms with Gasteiger partial charge in [-0.3, -0.25) is 9.69 Å². The summed E-state index contributed by atoms with van der Waals surface area (Å²) in [6, 6.07) is 14.4. The van der Waals surface area contributed by atoms with E-state index in [0.29, 0.717) is 24.2 Å². The van der Waals surface area contributed by atoms with Crippen molar-refractivity contribution in [2.45, 2.75) is 62.9 Å². The Balaban J connectivity index is 1.46. The molecular weight excluding hydrogens is 442 g/mol. The van der Waals surface area contributed by atoms with Crippen molar-refractivity contribution in [3.05, 3.63) is 83.8 Å². The summed E-state index contributed by atoms with van der Waals surface area (Å²) in [6.07, 6.45) is 9.56. The molecule has 0 unspecified atom stereocenters. The van der Waals surface area contributed by atoms with Crippen LogP contribution in [0, 0.1) is 0 Å². The Bertz CT molecular complexity index is 1240. The molecule has 180 valence electrons. The van der Waals surface area contributed by atoms with Gasteiger partial charge in [0, 0.05) is 29.7 Å². The van der Waals surface area contributed by atoms with Crippen LogP contribution in [-0.2, 0) is 4.79 Å². The molecule has 0 spiro atoms. The van der Waals surface area contributed by atoms with Crippen molar-refractivity contribution in [3.8, 4) is 0 Å². The van der Waals surface area contributed by atoms with E-state index in [1.807, 2.05) is 42.5 Å². The van der Waals surface area contributed by atoms with Gasteiger partial charge in [-0.2, -0.15) is 0 Å². The predicted octanol–water partition coefficient (Wildman–Crippen LogP) is 6.29. The third-order valence-electron chi connectivity index (χ3n) is 7.40. The Kier molecular flexibility index (Phi) is 5.68. The quantitative estimate of drug-likeness (QED) is 0.469. The zero-order valence-electron chi connectivity index (χ0n) is 19.5. The fourth-order valence-electron chi connectivity index (χ4n) is 5.75. The minimum Gasteiger partial charge on any atom is -0.469 e. The first-order valence-corrected chi connectivity index (χ1v) is 12.5. The number of urea groups is 1. The third kappa shape index (κ3) is 4.05. The van der Waals surface area contributed by atoms with E-state index in [9.17, 15) is 9.59 Å². The Labute approximate surface area is 204 Å². The summed E-state index contributed by atoms with van der Waals surface area (Å²) >= 11 is 0. The van der Waals surface area contributed by atoms with Crippen molar-refractivity contribution in [1.29, 1.82) is 0 Å². The van der Waals surface area contributed by atoms with Crippen LogP contribution in [0.5, 0.6) is 0 Å². The minimum absolute atomic E-state index is 0.00942. The second-order valence-electron chi connectivity index (χ2n) is 9.65. The number of amides is 2. The average Bonchev–Trinajstić information content (AvgIpc) is 3.57. The van der Waals surface area contributed by atoms with Gasteiger partial charge in [0.05, 0.1) is 23.9 Å². The fraction of sp³-hybridized carbons (Fsp3) is 0.357. The summed E-state index contributed by atoms with van der Waals surface area (Å²) < 4.78 is 11.5. The maximum atomic E-state index is 13.9. The third-order valence-corrected chi connectivity index (χ3v) is 7.40. The molecule has 1 saturated carbocycles. The Morgan fingerprint density at radius 1 is 0.914 bits per heavy atom. The number of furan rings is 2. The Hall–Kier alpha value is -3.74. The Morgan fingerprint density at radius 2 is 1.66 bits per heavy atom. The highest BCUT2D eigenvalue weighted by atomic mass is 16.3. The van der Waals surface area contributed by atoms with Gasteiger partial charge in [-0.25, -0.2) is 4.79 Å². The van der Waals surface area contributed by atoms with Crippen LogP contribution >= 0.6 is 0 Å². The number of benzene rings is 1. The van der Waals surface area contributed by atoms with Crippen LogP contribution in [0.2, 0.25) is 0 Å². The lowest BCUT2D eigenvalue weighted by Crippen LogP contribution is -2.48. The van der Waals surface area contributed by atoms with Crippen molar-refractivity contribution < 1.29 is 18.4 Å². The van der Waals surface area contributed by atoms with Gasteiger partial charge in [0.15, 0.2) is 5.78 Å². The highest BCUT2D eigenvalue weighted by molar-refractivity contribution is 6.05. The second-order valence-corrected chi connectivity index (χ2v) is 9.65. The van der Waals surface area contributed by atoms with Gasteiger partial charge in [0.2, 0.25) is 0 Å². The first-order valence-electron chi connectivity index (χ1n) is 12.5. The summed E-state index contributed by atoms with van der Waals surface area (Å²) in [5.74, 6) is 1.30. The summed E-state index contributed by atoms with van der Waals surface area (Å²) in [5, 5.41) is 6.78. The predicted molar refractivity (Wildman–Crippen MR) is 132 cm³/mol. The van der Waals surface area contributed by atoms with Crippen LogP contribution in [0.3, 0.4) is 0 Å². The number of rotatable bonds is 3. The molecule has 0 radical (unpaired) electrons. The number of nitrogens with one attached hydrogen (secondary N) is 2. The molecule has 3 heterocycles. The summed E-state index contributed by atoms with van der Waals surface area (Å²) in [5.41, 5.74) is 2.90. The molecule has 2 aromatic heterocycles. The van der Waals surface area contributed by atoms with Crippen molar-refractivity contribution >= 4 is 23.2 Å². The molecule has 2 amide bonds. The lowest BCUT2D eigenvalue weighted by atomic mass is 9.81. The highest BCUT2D eigenvalue weighted by Crippen LogP contribution is 2.47. The average molecular weight is 472 g/mol. The standard InChI is InChI=1S/C28H29N3O4/c32-23-17-18(24-12-6-14-34-24)16-21-26(23)27(25-13-7-15-35-25)31(22-11-5-4-10-20(22)30-21)28(33)29-19-8-2-1-3-9-19/h4-7,10-15,18-19,27,30H,1-3,8-9,16-17H2,(H,29,33)/t18-,27-/m1/s1. The molecule has 2 aliphatic carbocycles. The Morgan fingerprint density at radius 3 is 2.40 bits per heavy atom. The first-order chi connectivity index (χ1) is 17.2. The number of hydrogen-bond acceptors (Lipinski definition) is 5. The van der Waals surface area contributed by atoms with Crippen LogP contribution in [0.4, 0.5) is 16.2 Å². The molecule has 2 N–H and O–H groups in total. The van der Waals surface area contributed by atoms with Gasteiger partial charge >= 0.3 is 6.03 Å². The normalized spacial score (nSPS) is 22.7. The number of allylic oxidation sites excluding steroid dienone is 1. The number of ketones is 1. The summed E-state index contributed by atoms with van der Waals surface area (Å²) in [4.78, 5) is 29.4. The number of nitrogens with zero attached hydrogens (tertiary/aromatic N) is 1. The van der Waals surface area contributed by atoms with E-state index in [2.05, 4.69) is 10.6 Å². The van der Waals surface area contributed by atoms with E-state index in [-0.39, 0.29) is 23.8 Å². The lowest BCUT2D eigenvalue weighted by molar-refractivity contribution is -0.116. The van der Waals surface area contributed by atoms with Gasteiger partial charge in [-0.15, -0.1) is 0 Å². The largest absolute Gasteiger partial charge is 0.469 e. The van der Waals surface area contributed by atoms with Crippen LogP contribution in [-0.4, -0.2) is 17.9 Å². The van der Waals surface area contributed by atoms with Crippen molar-refractivity contribution in [2.24, 2.45) is 0 Å². The van der Waals surface area contributed by atoms with Crippen molar-refractivity contribution in [3.63, 3.8) is 0 Å². The molecular formula is C28H29N3O4. The molecule has 7 nitrogen and oxygen atoms in total. The molecule has 35 heavy (non-hydrogen) atoms. The van der Waals surface area contributed by atoms with Gasteiger partial charge < -0.3 is 19.5 Å². The lowest BCUT2D eigenvalue weighted by Gasteiger charge is -2.34. The molecule has 7 heteroatoms. The number of para-hydroxylation sites is 2. The van der Waals surface area contributed by atoms with E-state index in [1.165, 1.54) is 6.42 Å². The smallest absolute Gasteiger partial charge is 0.323 e. The number of carbonyl (C=O) groups is 2. The maximum Gasteiger partial charge on any atom is 0.323 e. The SMILES string of the molecule is O=C1C[C@H](c2ccco2)CC2=C1[C@@H](c1ccco1)N(C(=O)NC1CCCCC1)c1ccccc1N2. The summed E-state index contributed by atoms with van der Waals surface area (Å²) in [7, 11) is 0. The molecule has 1 aliphatic heterocycles. The van der Waals surface area contributed by atoms with Gasteiger partial charge in [-0.05, 0) is 55.7 Å². The molecule has 3 aromatic rings. The van der Waals surface area contributed by atoms with E-state index in [4.69, 9.17) is 8.83 Å². The van der Waals surface area contributed by atoms with Crippen LogP contribution in [0.1, 0.15) is 68.4 Å². The fourth-order valence-corrected chi connectivity index (χ4v) is 5.75.